The largest absolute Gasteiger partial charge is 0.462 e. The van der Waals surface area contributed by atoms with Crippen molar-refractivity contribution in [1.82, 2.24) is 0 Å². The van der Waals surface area contributed by atoms with Gasteiger partial charge < -0.3 is 14.2 Å². The Morgan fingerprint density at radius 3 is 0.844 bits per heavy atom. The molecule has 0 aromatic carbocycles. The third-order valence-corrected chi connectivity index (χ3v) is 14.4. The highest BCUT2D eigenvalue weighted by Crippen LogP contribution is 2.17. The quantitative estimate of drug-likeness (QED) is 0.0261. The number of unbranched alkanes of at least 4 members (excludes halogenated alkanes) is 35. The van der Waals surface area contributed by atoms with Crippen LogP contribution in [0, 0.1) is 0 Å². The maximum atomic E-state index is 12.9. The highest BCUT2D eigenvalue weighted by atomic mass is 16.6. The van der Waals surface area contributed by atoms with Crippen molar-refractivity contribution in [2.45, 2.75) is 335 Å². The highest BCUT2D eigenvalue weighted by molar-refractivity contribution is 5.71. The number of rotatable bonds is 60. The number of allylic oxidation sites excluding steroid dienone is 14. The van der Waals surface area contributed by atoms with Crippen LogP contribution in [0.15, 0.2) is 85.1 Å². The summed E-state index contributed by atoms with van der Waals surface area (Å²) in [6.45, 7) is 6.51. The molecule has 0 heterocycles. The molecule has 0 aromatic rings. The van der Waals surface area contributed by atoms with Gasteiger partial charge in [-0.2, -0.15) is 0 Å². The Kier molecular flexibility index (Phi) is 62.2. The minimum absolute atomic E-state index is 0.104. The Bertz CT molecular complexity index is 1470. The summed E-state index contributed by atoms with van der Waals surface area (Å²) < 4.78 is 16.9. The van der Waals surface area contributed by atoms with Gasteiger partial charge in [-0.25, -0.2) is 0 Å². The van der Waals surface area contributed by atoms with Crippen LogP contribution in [0.3, 0.4) is 0 Å². The topological polar surface area (TPSA) is 78.9 Å². The van der Waals surface area contributed by atoms with Gasteiger partial charge in [-0.15, -0.1) is 0 Å². The normalized spacial score (nSPS) is 12.6. The molecule has 0 rings (SSSR count). The Morgan fingerprint density at radius 2 is 0.532 bits per heavy atom. The van der Waals surface area contributed by atoms with E-state index in [2.05, 4.69) is 99.8 Å². The predicted octanol–water partition coefficient (Wildman–Crippen LogP) is 22.7. The van der Waals surface area contributed by atoms with E-state index in [9.17, 15) is 14.4 Å². The molecule has 0 spiro atoms. The molecule has 0 saturated heterocycles. The lowest BCUT2D eigenvalue weighted by Gasteiger charge is -2.18. The van der Waals surface area contributed by atoms with Gasteiger partial charge in [-0.1, -0.05) is 311 Å². The summed E-state index contributed by atoms with van der Waals surface area (Å²) in [4.78, 5) is 38.3. The summed E-state index contributed by atoms with van der Waals surface area (Å²) in [5.41, 5.74) is 0. The Hall–Kier alpha value is -3.41. The minimum Gasteiger partial charge on any atom is -0.462 e. The summed E-state index contributed by atoms with van der Waals surface area (Å²) in [5, 5.41) is 0. The fraction of sp³-hybridized carbons (Fsp3) is 0.761. The second-order valence-electron chi connectivity index (χ2n) is 22.0. The second kappa shape index (κ2) is 65.1. The highest BCUT2D eigenvalue weighted by Gasteiger charge is 2.19. The van der Waals surface area contributed by atoms with Crippen LogP contribution in [-0.4, -0.2) is 37.2 Å². The number of esters is 3. The van der Waals surface area contributed by atoms with Crippen molar-refractivity contribution in [3.63, 3.8) is 0 Å². The van der Waals surface area contributed by atoms with Gasteiger partial charge in [0.05, 0.1) is 0 Å². The first-order valence-corrected chi connectivity index (χ1v) is 33.1. The van der Waals surface area contributed by atoms with E-state index in [1.165, 1.54) is 205 Å². The number of carbonyl (C=O) groups is 3. The van der Waals surface area contributed by atoms with E-state index in [1.54, 1.807) is 0 Å². The van der Waals surface area contributed by atoms with E-state index < -0.39 is 6.10 Å². The molecule has 0 amide bonds. The lowest BCUT2D eigenvalue weighted by atomic mass is 10.0. The van der Waals surface area contributed by atoms with Crippen LogP contribution in [0.1, 0.15) is 329 Å². The van der Waals surface area contributed by atoms with Crippen LogP contribution >= 0.6 is 0 Å². The summed E-state index contributed by atoms with van der Waals surface area (Å²) in [6.07, 6.45) is 86.1. The van der Waals surface area contributed by atoms with Crippen LogP contribution in [0.5, 0.6) is 0 Å². The Morgan fingerprint density at radius 1 is 0.273 bits per heavy atom. The van der Waals surface area contributed by atoms with Crippen LogP contribution in [0.4, 0.5) is 0 Å². The first-order chi connectivity index (χ1) is 38.0. The third kappa shape index (κ3) is 63.3. The molecule has 0 aromatic heterocycles. The summed E-state index contributed by atoms with van der Waals surface area (Å²) in [7, 11) is 0. The van der Waals surface area contributed by atoms with Crippen molar-refractivity contribution in [2.75, 3.05) is 13.2 Å². The lowest BCUT2D eigenvalue weighted by molar-refractivity contribution is -0.166. The molecule has 0 aliphatic rings. The third-order valence-electron chi connectivity index (χ3n) is 14.4. The van der Waals surface area contributed by atoms with Crippen LogP contribution in [0.25, 0.3) is 0 Å². The van der Waals surface area contributed by atoms with Crippen molar-refractivity contribution in [2.24, 2.45) is 0 Å². The Labute approximate surface area is 477 Å². The zero-order valence-electron chi connectivity index (χ0n) is 51.0. The van der Waals surface area contributed by atoms with Crippen molar-refractivity contribution >= 4 is 17.9 Å². The van der Waals surface area contributed by atoms with E-state index in [1.807, 2.05) is 6.08 Å². The van der Waals surface area contributed by atoms with Crippen LogP contribution < -0.4 is 0 Å². The first kappa shape index (κ1) is 73.6. The van der Waals surface area contributed by atoms with Gasteiger partial charge in [0.2, 0.25) is 0 Å². The molecule has 77 heavy (non-hydrogen) atoms. The molecule has 6 heteroatoms. The smallest absolute Gasteiger partial charge is 0.306 e. The minimum atomic E-state index is -0.817. The predicted molar refractivity (Wildman–Crippen MR) is 334 cm³/mol. The monoisotopic (exact) mass is 1070 g/mol. The van der Waals surface area contributed by atoms with Crippen molar-refractivity contribution in [3.8, 4) is 0 Å². The van der Waals surface area contributed by atoms with Crippen molar-refractivity contribution in [3.05, 3.63) is 85.1 Å². The fourth-order valence-corrected chi connectivity index (χ4v) is 9.47. The van der Waals surface area contributed by atoms with Crippen LogP contribution in [0.2, 0.25) is 0 Å². The van der Waals surface area contributed by atoms with Gasteiger partial charge in [-0.05, 0) is 83.5 Å². The van der Waals surface area contributed by atoms with Gasteiger partial charge in [0.15, 0.2) is 6.10 Å². The first-order valence-electron chi connectivity index (χ1n) is 33.1. The number of carbonyl (C=O) groups excluding carboxylic acids is 3. The van der Waals surface area contributed by atoms with Gasteiger partial charge in [-0.3, -0.25) is 14.4 Å². The number of ether oxygens (including phenoxy) is 3. The molecule has 0 N–H and O–H groups in total. The van der Waals surface area contributed by atoms with E-state index in [0.717, 1.165) is 77.0 Å². The molecule has 0 fully saturated rings. The lowest BCUT2D eigenvalue weighted by Crippen LogP contribution is -2.30. The zero-order valence-corrected chi connectivity index (χ0v) is 51.0. The van der Waals surface area contributed by atoms with Gasteiger partial charge >= 0.3 is 17.9 Å². The van der Waals surface area contributed by atoms with E-state index in [0.29, 0.717) is 19.3 Å². The standard InChI is InChI=1S/C71H124O6/c1-4-7-10-13-16-19-22-25-28-31-33-34-35-36-38-40-43-46-49-52-55-58-61-64-70(73)76-67-68(66-75-69(72)63-60-57-54-51-48-45-42-39-30-27-24-21-18-15-12-9-6-3)77-71(74)65-62-59-56-53-50-47-44-41-37-32-29-26-23-20-17-14-11-8-5-2/h8,11,17,20,26,29,31,33,37,41,47,50,56,59,68H,4-7,9-10,12-16,18-19,21-25,27-28,30,32,34-36,38-40,42-46,48-49,51-55,57-58,60-67H2,1-3H3/b11-8-,20-17-,29-26-,33-31-,41-37-,50-47-,59-56-. The van der Waals surface area contributed by atoms with Gasteiger partial charge in [0.1, 0.15) is 13.2 Å². The second-order valence-corrected chi connectivity index (χ2v) is 22.0. The fourth-order valence-electron chi connectivity index (χ4n) is 9.47. The molecular weight excluding hydrogens is 949 g/mol. The average Bonchev–Trinajstić information content (AvgIpc) is 3.43. The molecular formula is C71H124O6. The zero-order chi connectivity index (χ0) is 55.7. The van der Waals surface area contributed by atoms with Crippen molar-refractivity contribution in [1.29, 1.82) is 0 Å². The van der Waals surface area contributed by atoms with Gasteiger partial charge in [0, 0.05) is 19.3 Å². The molecule has 444 valence electrons. The molecule has 0 bridgehead atoms. The van der Waals surface area contributed by atoms with Gasteiger partial charge in [0.25, 0.3) is 0 Å². The summed E-state index contributed by atoms with van der Waals surface area (Å²) >= 11 is 0. The number of hydrogen-bond acceptors (Lipinski definition) is 6. The molecule has 0 saturated carbocycles. The average molecular weight is 1070 g/mol. The molecule has 0 radical (unpaired) electrons. The molecule has 6 nitrogen and oxygen atoms in total. The van der Waals surface area contributed by atoms with E-state index >= 15 is 0 Å². The van der Waals surface area contributed by atoms with Crippen LogP contribution in [-0.2, 0) is 28.6 Å². The maximum absolute atomic E-state index is 12.9. The Balaban J connectivity index is 4.42. The summed E-state index contributed by atoms with van der Waals surface area (Å²) in [6, 6.07) is 0. The SMILES string of the molecule is CC/C=C\C/C=C\C/C=C\C/C=C\C/C=C\C/C=C\CCC(=O)OC(COC(=O)CCCCCCCCCCCCC/C=C\CCCCCCCCCC)COC(=O)CCCCCCCCCCCCCCCCCCC. The maximum Gasteiger partial charge on any atom is 0.306 e. The molecule has 1 atom stereocenters. The molecule has 1 unspecified atom stereocenters. The van der Waals surface area contributed by atoms with E-state index in [-0.39, 0.29) is 37.5 Å². The van der Waals surface area contributed by atoms with Crippen molar-refractivity contribution < 1.29 is 28.6 Å². The number of hydrogen-bond donors (Lipinski definition) is 0. The molecule has 0 aliphatic heterocycles. The summed E-state index contributed by atoms with van der Waals surface area (Å²) in [5.74, 6) is -0.973. The molecule has 0 aliphatic carbocycles. The van der Waals surface area contributed by atoms with E-state index in [4.69, 9.17) is 14.2 Å².